The molecule has 0 aliphatic carbocycles. The molecule has 0 N–H and O–H groups in total. The Balaban J connectivity index is 1.66. The van der Waals surface area contributed by atoms with Crippen molar-refractivity contribution >= 4 is 23.1 Å². The minimum atomic E-state index is -0.636. The first-order valence-electron chi connectivity index (χ1n) is 9.75. The average Bonchev–Trinajstić information content (AvgIpc) is 2.74. The first-order chi connectivity index (χ1) is 14.8. The maximum absolute atomic E-state index is 13.1. The lowest BCUT2D eigenvalue weighted by Gasteiger charge is -2.39. The monoisotopic (exact) mass is 447 g/mol. The summed E-state index contributed by atoms with van der Waals surface area (Å²) in [5, 5.41) is 11.4. The summed E-state index contributed by atoms with van der Waals surface area (Å²) in [4.78, 5) is 27.7. The van der Waals surface area contributed by atoms with Crippen molar-refractivity contribution in [3.05, 3.63) is 80.8 Å². The zero-order valence-corrected chi connectivity index (χ0v) is 18.0. The SMILES string of the molecule is COc1cc(C(=O)/C=C/N2CCN(Cc3ccc(F)cc3)C[C@H]2C)c([N+](=O)[O-])cc1Cl. The molecule has 1 fully saturated rings. The van der Waals surface area contributed by atoms with E-state index in [1.165, 1.54) is 31.4 Å². The number of allylic oxidation sites excluding steroid dienone is 1. The van der Waals surface area contributed by atoms with Crippen LogP contribution in [0.4, 0.5) is 10.1 Å². The maximum Gasteiger partial charge on any atom is 0.282 e. The first-order valence-corrected chi connectivity index (χ1v) is 10.1. The molecule has 1 atom stereocenters. The van der Waals surface area contributed by atoms with Crippen LogP contribution in [0.1, 0.15) is 22.8 Å². The van der Waals surface area contributed by atoms with Gasteiger partial charge >= 0.3 is 0 Å². The Labute approximate surface area is 184 Å². The Hall–Kier alpha value is -2.97. The van der Waals surface area contributed by atoms with Crippen LogP contribution in [0.3, 0.4) is 0 Å². The summed E-state index contributed by atoms with van der Waals surface area (Å²) in [6.45, 7) is 5.00. The van der Waals surface area contributed by atoms with E-state index < -0.39 is 10.7 Å². The predicted molar refractivity (Wildman–Crippen MR) is 116 cm³/mol. The number of rotatable bonds is 7. The van der Waals surface area contributed by atoms with Gasteiger partial charge in [-0.15, -0.1) is 0 Å². The molecule has 7 nitrogen and oxygen atoms in total. The molecule has 9 heteroatoms. The molecule has 1 saturated heterocycles. The van der Waals surface area contributed by atoms with E-state index in [0.717, 1.165) is 31.3 Å². The molecule has 31 heavy (non-hydrogen) atoms. The van der Waals surface area contributed by atoms with Crippen molar-refractivity contribution < 1.29 is 18.8 Å². The van der Waals surface area contributed by atoms with Gasteiger partial charge < -0.3 is 9.64 Å². The molecule has 0 bridgehead atoms. The van der Waals surface area contributed by atoms with E-state index in [2.05, 4.69) is 4.90 Å². The molecular weight excluding hydrogens is 425 g/mol. The zero-order chi connectivity index (χ0) is 22.5. The van der Waals surface area contributed by atoms with E-state index in [1.54, 1.807) is 18.3 Å². The molecule has 0 radical (unpaired) electrons. The average molecular weight is 448 g/mol. The highest BCUT2D eigenvalue weighted by atomic mass is 35.5. The lowest BCUT2D eigenvalue weighted by atomic mass is 10.1. The Morgan fingerprint density at radius 3 is 2.65 bits per heavy atom. The minimum absolute atomic E-state index is 0.0700. The predicted octanol–water partition coefficient (Wildman–Crippen LogP) is 4.30. The number of nitrogens with zero attached hydrogens (tertiary/aromatic N) is 3. The van der Waals surface area contributed by atoms with Gasteiger partial charge in [-0.2, -0.15) is 0 Å². The molecule has 1 aliphatic rings. The summed E-state index contributed by atoms with van der Waals surface area (Å²) in [5.74, 6) is -0.551. The van der Waals surface area contributed by atoms with Crippen LogP contribution in [0.25, 0.3) is 0 Å². The van der Waals surface area contributed by atoms with Crippen LogP contribution in [-0.4, -0.2) is 53.3 Å². The molecule has 0 saturated carbocycles. The van der Waals surface area contributed by atoms with Gasteiger partial charge in [0.2, 0.25) is 0 Å². The third-order valence-electron chi connectivity index (χ3n) is 5.23. The zero-order valence-electron chi connectivity index (χ0n) is 17.3. The van der Waals surface area contributed by atoms with Gasteiger partial charge in [0.1, 0.15) is 17.1 Å². The van der Waals surface area contributed by atoms with Gasteiger partial charge in [0.05, 0.1) is 17.1 Å². The molecule has 2 aromatic carbocycles. The van der Waals surface area contributed by atoms with Gasteiger partial charge in [0.25, 0.3) is 5.69 Å². The number of ketones is 1. The van der Waals surface area contributed by atoms with Gasteiger partial charge in [-0.05, 0) is 30.7 Å². The number of carbonyl (C=O) groups excluding carboxylic acids is 1. The fourth-order valence-electron chi connectivity index (χ4n) is 3.56. The van der Waals surface area contributed by atoms with E-state index in [-0.39, 0.29) is 33.9 Å². The third kappa shape index (κ3) is 5.59. The van der Waals surface area contributed by atoms with Crippen molar-refractivity contribution in [1.82, 2.24) is 9.80 Å². The number of halogens is 2. The van der Waals surface area contributed by atoms with Crippen molar-refractivity contribution in [3.8, 4) is 5.75 Å². The fraction of sp³-hybridized carbons (Fsp3) is 0.318. The Morgan fingerprint density at radius 2 is 2.03 bits per heavy atom. The van der Waals surface area contributed by atoms with E-state index in [0.29, 0.717) is 6.54 Å². The highest BCUT2D eigenvalue weighted by Crippen LogP contribution is 2.32. The smallest absolute Gasteiger partial charge is 0.282 e. The first kappa shape index (κ1) is 22.7. The molecule has 0 spiro atoms. The second kappa shape index (κ2) is 9.89. The quantitative estimate of drug-likeness (QED) is 0.272. The summed E-state index contributed by atoms with van der Waals surface area (Å²) >= 11 is 5.96. The van der Waals surface area contributed by atoms with Crippen molar-refractivity contribution in [2.75, 3.05) is 26.7 Å². The molecule has 1 aliphatic heterocycles. The summed E-state index contributed by atoms with van der Waals surface area (Å²) in [5.41, 5.74) is 0.597. The molecule has 164 valence electrons. The topological polar surface area (TPSA) is 75.9 Å². The molecule has 1 heterocycles. The van der Waals surface area contributed by atoms with Crippen molar-refractivity contribution in [2.24, 2.45) is 0 Å². The molecule has 0 unspecified atom stereocenters. The van der Waals surface area contributed by atoms with Crippen molar-refractivity contribution in [2.45, 2.75) is 19.5 Å². The standard InChI is InChI=1S/C22H23ClFN3O4/c1-15-13-25(14-16-3-5-17(24)6-4-16)9-10-26(15)8-7-21(28)18-11-22(31-2)19(23)12-20(18)27(29)30/h3-8,11-12,15H,9-10,13-14H2,1-2H3/b8-7+/t15-/m1/s1. The van der Waals surface area contributed by atoms with Gasteiger partial charge in [0, 0.05) is 50.6 Å². The summed E-state index contributed by atoms with van der Waals surface area (Å²) in [7, 11) is 1.38. The van der Waals surface area contributed by atoms with Crippen LogP contribution >= 0.6 is 11.6 Å². The number of piperazine rings is 1. The van der Waals surface area contributed by atoms with E-state index in [1.807, 2.05) is 11.8 Å². The molecule has 2 aromatic rings. The lowest BCUT2D eigenvalue weighted by molar-refractivity contribution is -0.385. The van der Waals surface area contributed by atoms with Gasteiger partial charge in [-0.1, -0.05) is 23.7 Å². The Morgan fingerprint density at radius 1 is 1.32 bits per heavy atom. The van der Waals surface area contributed by atoms with Gasteiger partial charge in [0.15, 0.2) is 5.78 Å². The fourth-order valence-corrected chi connectivity index (χ4v) is 3.80. The molecule has 3 rings (SSSR count). The summed E-state index contributed by atoms with van der Waals surface area (Å²) < 4.78 is 18.2. The number of ether oxygens (including phenoxy) is 1. The van der Waals surface area contributed by atoms with Crippen molar-refractivity contribution in [3.63, 3.8) is 0 Å². The number of nitro groups is 1. The lowest BCUT2D eigenvalue weighted by Crippen LogP contribution is -2.49. The third-order valence-corrected chi connectivity index (χ3v) is 5.53. The van der Waals surface area contributed by atoms with E-state index in [9.17, 15) is 19.3 Å². The number of methoxy groups -OCH3 is 1. The molecular formula is C22H23ClFN3O4. The number of benzene rings is 2. The molecule has 0 aromatic heterocycles. The highest BCUT2D eigenvalue weighted by molar-refractivity contribution is 6.32. The van der Waals surface area contributed by atoms with Gasteiger partial charge in [-0.25, -0.2) is 4.39 Å². The number of carbonyl (C=O) groups is 1. The van der Waals surface area contributed by atoms with Gasteiger partial charge in [-0.3, -0.25) is 19.8 Å². The summed E-state index contributed by atoms with van der Waals surface area (Å²) in [6.07, 6.45) is 3.01. The minimum Gasteiger partial charge on any atom is -0.495 e. The second-order valence-electron chi connectivity index (χ2n) is 7.39. The Bertz CT molecular complexity index is 997. The van der Waals surface area contributed by atoms with Crippen molar-refractivity contribution in [1.29, 1.82) is 0 Å². The van der Waals surface area contributed by atoms with Crippen LogP contribution in [0.2, 0.25) is 5.02 Å². The Kier molecular flexibility index (Phi) is 7.25. The maximum atomic E-state index is 13.1. The van der Waals surface area contributed by atoms with Crippen LogP contribution in [0.15, 0.2) is 48.7 Å². The number of hydrogen-bond acceptors (Lipinski definition) is 6. The molecule has 0 amide bonds. The number of hydrogen-bond donors (Lipinski definition) is 0. The van der Waals surface area contributed by atoms with E-state index >= 15 is 0 Å². The van der Waals surface area contributed by atoms with Crippen LogP contribution < -0.4 is 4.74 Å². The van der Waals surface area contributed by atoms with Crippen LogP contribution in [0, 0.1) is 15.9 Å². The summed E-state index contributed by atoms with van der Waals surface area (Å²) in [6, 6.07) is 9.00. The van der Waals surface area contributed by atoms with Crippen LogP contribution in [-0.2, 0) is 6.54 Å². The number of nitro benzene ring substituents is 1. The van der Waals surface area contributed by atoms with E-state index in [4.69, 9.17) is 16.3 Å². The normalized spacial score (nSPS) is 17.2. The highest BCUT2D eigenvalue weighted by Gasteiger charge is 2.24. The van der Waals surface area contributed by atoms with Crippen LogP contribution in [0.5, 0.6) is 5.75 Å². The largest absolute Gasteiger partial charge is 0.495 e. The second-order valence-corrected chi connectivity index (χ2v) is 7.80.